The lowest BCUT2D eigenvalue weighted by Crippen LogP contribution is -2.35. The van der Waals surface area contributed by atoms with Gasteiger partial charge in [-0.15, -0.1) is 0 Å². The van der Waals surface area contributed by atoms with Crippen molar-refractivity contribution in [1.29, 1.82) is 0 Å². The van der Waals surface area contributed by atoms with Gasteiger partial charge in [0.2, 0.25) is 0 Å². The monoisotopic (exact) mass is 425 g/mol. The van der Waals surface area contributed by atoms with E-state index in [0.717, 1.165) is 5.75 Å². The largest absolute Gasteiger partial charge is 0.479 e. The van der Waals surface area contributed by atoms with Crippen molar-refractivity contribution in [2.75, 3.05) is 5.32 Å². The van der Waals surface area contributed by atoms with E-state index in [9.17, 15) is 4.79 Å². The summed E-state index contributed by atoms with van der Waals surface area (Å²) in [5.41, 5.74) is 1.38. The number of anilines is 1. The maximum Gasteiger partial charge on any atom is 0.292 e. The summed E-state index contributed by atoms with van der Waals surface area (Å²) >= 11 is 11.3. The van der Waals surface area contributed by atoms with Crippen molar-refractivity contribution in [1.82, 2.24) is 5.32 Å². The van der Waals surface area contributed by atoms with Crippen LogP contribution < -0.4 is 15.4 Å². The molecule has 1 amide bonds. The van der Waals surface area contributed by atoms with Gasteiger partial charge in [0.15, 0.2) is 10.9 Å². The van der Waals surface area contributed by atoms with Crippen LogP contribution in [0.3, 0.4) is 0 Å². The quantitative estimate of drug-likeness (QED) is 0.557. The van der Waals surface area contributed by atoms with Gasteiger partial charge in [-0.2, -0.15) is 0 Å². The van der Waals surface area contributed by atoms with Gasteiger partial charge in [-0.1, -0.05) is 35.9 Å². The SMILES string of the molecule is O=C(NC(=S)Nc1cccc(Oc2ccccc2)c1)C1=CC2=C(Cl)N=CCC2O1. The molecule has 2 heterocycles. The Labute approximate surface area is 177 Å². The number of thiocarbonyl (C=S) groups is 1. The molecule has 146 valence electrons. The van der Waals surface area contributed by atoms with E-state index < -0.39 is 5.91 Å². The molecule has 2 aliphatic rings. The predicted molar refractivity (Wildman–Crippen MR) is 116 cm³/mol. The van der Waals surface area contributed by atoms with Gasteiger partial charge in [-0.25, -0.2) is 4.99 Å². The summed E-state index contributed by atoms with van der Waals surface area (Å²) in [5.74, 6) is 1.07. The first-order valence-electron chi connectivity index (χ1n) is 8.84. The van der Waals surface area contributed by atoms with Crippen LogP contribution in [-0.4, -0.2) is 23.3 Å². The second-order valence-corrected chi connectivity index (χ2v) is 7.03. The van der Waals surface area contributed by atoms with Crippen molar-refractivity contribution in [2.24, 2.45) is 4.99 Å². The maximum absolute atomic E-state index is 12.4. The topological polar surface area (TPSA) is 72.0 Å². The number of carbonyl (C=O) groups is 1. The summed E-state index contributed by atoms with van der Waals surface area (Å²) < 4.78 is 11.4. The molecule has 0 fully saturated rings. The lowest BCUT2D eigenvalue weighted by molar-refractivity contribution is -0.119. The summed E-state index contributed by atoms with van der Waals surface area (Å²) in [7, 11) is 0. The van der Waals surface area contributed by atoms with Crippen molar-refractivity contribution in [2.45, 2.75) is 12.5 Å². The molecule has 29 heavy (non-hydrogen) atoms. The number of amides is 1. The molecule has 0 spiro atoms. The smallest absolute Gasteiger partial charge is 0.292 e. The molecule has 0 bridgehead atoms. The zero-order valence-corrected chi connectivity index (χ0v) is 16.7. The van der Waals surface area contributed by atoms with Crippen LogP contribution in [0.5, 0.6) is 11.5 Å². The molecule has 0 aliphatic carbocycles. The zero-order valence-electron chi connectivity index (χ0n) is 15.1. The summed E-state index contributed by atoms with van der Waals surface area (Å²) in [5, 5.41) is 6.05. The Kier molecular flexibility index (Phi) is 5.59. The fraction of sp³-hybridized carbons (Fsp3) is 0.0952. The van der Waals surface area contributed by atoms with Crippen LogP contribution in [0.1, 0.15) is 6.42 Å². The third-order valence-electron chi connectivity index (χ3n) is 4.19. The zero-order chi connectivity index (χ0) is 20.2. The molecule has 1 unspecified atom stereocenters. The highest BCUT2D eigenvalue weighted by molar-refractivity contribution is 7.80. The number of halogens is 1. The molecular formula is C21H16ClN3O3S. The molecule has 6 nitrogen and oxygen atoms in total. The Hall–Kier alpha value is -3.16. The first kappa shape index (κ1) is 19.2. The Morgan fingerprint density at radius 3 is 2.76 bits per heavy atom. The number of ether oxygens (including phenoxy) is 2. The lowest BCUT2D eigenvalue weighted by Gasteiger charge is -2.15. The number of hydrogen-bond acceptors (Lipinski definition) is 5. The molecule has 4 rings (SSSR count). The Balaban J connectivity index is 1.37. The number of aliphatic imine (C=N–C) groups is 1. The minimum atomic E-state index is -0.453. The van der Waals surface area contributed by atoms with Gasteiger partial charge < -0.3 is 14.8 Å². The number of nitrogens with zero attached hydrogens (tertiary/aromatic N) is 1. The molecular weight excluding hydrogens is 410 g/mol. The van der Waals surface area contributed by atoms with Crippen molar-refractivity contribution >= 4 is 46.7 Å². The van der Waals surface area contributed by atoms with Gasteiger partial charge in [-0.3, -0.25) is 10.1 Å². The van der Waals surface area contributed by atoms with E-state index in [-0.39, 0.29) is 17.0 Å². The number of benzene rings is 2. The minimum Gasteiger partial charge on any atom is -0.479 e. The Bertz CT molecular complexity index is 1050. The third-order valence-corrected chi connectivity index (χ3v) is 4.71. The fourth-order valence-electron chi connectivity index (χ4n) is 2.86. The number of fused-ring (bicyclic) bond motifs is 1. The molecule has 8 heteroatoms. The van der Waals surface area contributed by atoms with Gasteiger partial charge in [0.1, 0.15) is 22.8 Å². The summed E-state index contributed by atoms with van der Waals surface area (Å²) in [4.78, 5) is 16.5. The van der Waals surface area contributed by atoms with Crippen molar-refractivity contribution in [3.63, 3.8) is 0 Å². The molecule has 0 radical (unpaired) electrons. The second kappa shape index (κ2) is 8.46. The number of nitrogens with one attached hydrogen (secondary N) is 2. The number of carbonyl (C=O) groups excluding carboxylic acids is 1. The summed E-state index contributed by atoms with van der Waals surface area (Å²) in [6.45, 7) is 0. The Morgan fingerprint density at radius 2 is 1.97 bits per heavy atom. The highest BCUT2D eigenvalue weighted by Crippen LogP contribution is 2.32. The molecule has 2 aromatic rings. The number of hydrogen-bond donors (Lipinski definition) is 2. The Morgan fingerprint density at radius 1 is 1.17 bits per heavy atom. The molecule has 2 aromatic carbocycles. The first-order valence-corrected chi connectivity index (χ1v) is 9.63. The van der Waals surface area contributed by atoms with Gasteiger partial charge in [0.05, 0.1) is 0 Å². The van der Waals surface area contributed by atoms with E-state index >= 15 is 0 Å². The van der Waals surface area contributed by atoms with Crippen LogP contribution in [0.4, 0.5) is 5.69 Å². The van der Waals surface area contributed by atoms with Crippen molar-refractivity contribution in [3.05, 3.63) is 77.2 Å². The molecule has 0 saturated heterocycles. The lowest BCUT2D eigenvalue weighted by atomic mass is 10.1. The van der Waals surface area contributed by atoms with E-state index in [4.69, 9.17) is 33.3 Å². The van der Waals surface area contributed by atoms with Crippen LogP contribution in [0.15, 0.2) is 82.2 Å². The average molecular weight is 426 g/mol. The van der Waals surface area contributed by atoms with Crippen LogP contribution in [0.2, 0.25) is 0 Å². The van der Waals surface area contributed by atoms with Gasteiger partial charge in [0.25, 0.3) is 5.91 Å². The highest BCUT2D eigenvalue weighted by atomic mass is 35.5. The van der Waals surface area contributed by atoms with Gasteiger partial charge in [0, 0.05) is 30.0 Å². The van der Waals surface area contributed by atoms with Gasteiger partial charge in [-0.05, 0) is 42.6 Å². The second-order valence-electron chi connectivity index (χ2n) is 6.26. The molecule has 1 atom stereocenters. The van der Waals surface area contributed by atoms with E-state index in [2.05, 4.69) is 15.6 Å². The first-order chi connectivity index (χ1) is 14.1. The molecule has 0 aromatic heterocycles. The summed E-state index contributed by atoms with van der Waals surface area (Å²) in [6.07, 6.45) is 3.54. The average Bonchev–Trinajstić information content (AvgIpc) is 3.15. The van der Waals surface area contributed by atoms with E-state index in [1.54, 1.807) is 18.4 Å². The molecule has 0 saturated carbocycles. The standard InChI is InChI=1S/C21H16ClN3O3S/c22-19-16-12-18(28-17(16)9-10-23-19)20(26)25-21(29)24-13-5-4-8-15(11-13)27-14-6-2-1-3-7-14/h1-8,10-12,17H,9H2,(H2,24,25,26,29). The normalized spacial score (nSPS) is 17.1. The van der Waals surface area contributed by atoms with E-state index in [1.807, 2.05) is 48.5 Å². The molecule has 2 N–H and O–H groups in total. The van der Waals surface area contributed by atoms with Crippen molar-refractivity contribution < 1.29 is 14.3 Å². The van der Waals surface area contributed by atoms with Crippen LogP contribution in [0, 0.1) is 0 Å². The predicted octanol–water partition coefficient (Wildman–Crippen LogP) is 4.50. The van der Waals surface area contributed by atoms with Crippen LogP contribution in [0.25, 0.3) is 0 Å². The van der Waals surface area contributed by atoms with E-state index in [1.165, 1.54) is 0 Å². The van der Waals surface area contributed by atoms with Gasteiger partial charge >= 0.3 is 0 Å². The fourth-order valence-corrected chi connectivity index (χ4v) is 3.32. The third kappa shape index (κ3) is 4.64. The maximum atomic E-state index is 12.4. The van der Waals surface area contributed by atoms with Crippen LogP contribution in [-0.2, 0) is 9.53 Å². The minimum absolute atomic E-state index is 0.141. The summed E-state index contributed by atoms with van der Waals surface area (Å²) in [6, 6.07) is 16.7. The molecule has 2 aliphatic heterocycles. The van der Waals surface area contributed by atoms with E-state index in [0.29, 0.717) is 28.6 Å². The van der Waals surface area contributed by atoms with Crippen molar-refractivity contribution in [3.8, 4) is 11.5 Å². The highest BCUT2D eigenvalue weighted by Gasteiger charge is 2.31. The number of rotatable bonds is 4. The van der Waals surface area contributed by atoms with Crippen LogP contribution >= 0.6 is 23.8 Å². The number of para-hydroxylation sites is 1.